The molecule has 102 valence electrons. The Kier molecular flexibility index (Phi) is 3.24. The molecule has 0 bridgehead atoms. The summed E-state index contributed by atoms with van der Waals surface area (Å²) in [6.45, 7) is 4.29. The number of hydrogen-bond donors (Lipinski definition) is 1. The number of imidazole rings is 1. The summed E-state index contributed by atoms with van der Waals surface area (Å²) < 4.78 is 1.69. The quantitative estimate of drug-likeness (QED) is 0.793. The van der Waals surface area contributed by atoms with Crippen LogP contribution in [0.1, 0.15) is 31.0 Å². The van der Waals surface area contributed by atoms with Crippen molar-refractivity contribution in [3.05, 3.63) is 53.9 Å². The van der Waals surface area contributed by atoms with Crippen molar-refractivity contribution in [3.63, 3.8) is 0 Å². The average Bonchev–Trinajstić information content (AvgIpc) is 2.89. The second-order valence-electron chi connectivity index (χ2n) is 5.17. The number of aliphatic hydroxyl groups is 1. The molecule has 2 heterocycles. The molecular formula is C16H17N3O. The molecule has 4 nitrogen and oxygen atoms in total. The van der Waals surface area contributed by atoms with Crippen LogP contribution >= 0.6 is 0 Å². The van der Waals surface area contributed by atoms with E-state index in [2.05, 4.69) is 48.2 Å². The van der Waals surface area contributed by atoms with E-state index in [4.69, 9.17) is 0 Å². The van der Waals surface area contributed by atoms with Crippen molar-refractivity contribution in [3.8, 4) is 11.3 Å². The SMILES string of the molecule is CC(C)c1ccc(-c2ccc3ncc(CO)n3n2)cc1. The summed E-state index contributed by atoms with van der Waals surface area (Å²) in [6.07, 6.45) is 1.65. The molecule has 4 heteroatoms. The second-order valence-corrected chi connectivity index (χ2v) is 5.17. The van der Waals surface area contributed by atoms with E-state index in [0.29, 0.717) is 11.6 Å². The average molecular weight is 267 g/mol. The molecule has 3 rings (SSSR count). The Morgan fingerprint density at radius 1 is 1.10 bits per heavy atom. The molecule has 0 aliphatic carbocycles. The Labute approximate surface area is 117 Å². The number of hydrogen-bond acceptors (Lipinski definition) is 3. The summed E-state index contributed by atoms with van der Waals surface area (Å²) in [6, 6.07) is 12.3. The van der Waals surface area contributed by atoms with Gasteiger partial charge in [0.25, 0.3) is 0 Å². The van der Waals surface area contributed by atoms with Crippen LogP contribution in [0.4, 0.5) is 0 Å². The normalized spacial score (nSPS) is 11.4. The summed E-state index contributed by atoms with van der Waals surface area (Å²) in [4.78, 5) is 4.20. The van der Waals surface area contributed by atoms with E-state index in [1.165, 1.54) is 5.56 Å². The highest BCUT2D eigenvalue weighted by Gasteiger charge is 2.07. The number of rotatable bonds is 3. The van der Waals surface area contributed by atoms with Gasteiger partial charge in [-0.05, 0) is 23.6 Å². The fourth-order valence-electron chi connectivity index (χ4n) is 2.22. The van der Waals surface area contributed by atoms with Crippen LogP contribution in [0.2, 0.25) is 0 Å². The number of aromatic nitrogens is 3. The molecule has 0 fully saturated rings. The molecule has 0 radical (unpaired) electrons. The molecular weight excluding hydrogens is 250 g/mol. The fraction of sp³-hybridized carbons (Fsp3) is 0.250. The number of fused-ring (bicyclic) bond motifs is 1. The Morgan fingerprint density at radius 3 is 2.50 bits per heavy atom. The summed E-state index contributed by atoms with van der Waals surface area (Å²) in [5, 5.41) is 13.8. The molecule has 3 aromatic rings. The van der Waals surface area contributed by atoms with Crippen LogP contribution in [0.3, 0.4) is 0 Å². The van der Waals surface area contributed by atoms with Gasteiger partial charge in [0, 0.05) is 5.56 Å². The zero-order valence-electron chi connectivity index (χ0n) is 11.6. The first-order valence-electron chi connectivity index (χ1n) is 6.74. The first-order valence-corrected chi connectivity index (χ1v) is 6.74. The van der Waals surface area contributed by atoms with Crippen LogP contribution in [0.25, 0.3) is 16.9 Å². The van der Waals surface area contributed by atoms with Crippen LogP contribution in [0, 0.1) is 0 Å². The van der Waals surface area contributed by atoms with Crippen LogP contribution < -0.4 is 0 Å². The summed E-state index contributed by atoms with van der Waals surface area (Å²) in [7, 11) is 0. The van der Waals surface area contributed by atoms with Gasteiger partial charge in [0.1, 0.15) is 0 Å². The first kappa shape index (κ1) is 12.8. The molecule has 0 aliphatic heterocycles. The van der Waals surface area contributed by atoms with Gasteiger partial charge in [-0.3, -0.25) is 0 Å². The van der Waals surface area contributed by atoms with Crippen molar-refractivity contribution in [2.75, 3.05) is 0 Å². The minimum absolute atomic E-state index is 0.0656. The molecule has 0 amide bonds. The third-order valence-corrected chi connectivity index (χ3v) is 3.47. The third kappa shape index (κ3) is 2.18. The lowest BCUT2D eigenvalue weighted by atomic mass is 10.0. The van der Waals surface area contributed by atoms with E-state index in [1.807, 2.05) is 12.1 Å². The Bertz CT molecular complexity index is 729. The molecule has 0 unspecified atom stereocenters. The highest BCUT2D eigenvalue weighted by molar-refractivity contribution is 5.60. The van der Waals surface area contributed by atoms with Gasteiger partial charge in [0.05, 0.1) is 24.2 Å². The van der Waals surface area contributed by atoms with Crippen LogP contribution in [-0.2, 0) is 6.61 Å². The standard InChI is InChI=1S/C16H17N3O/c1-11(2)12-3-5-13(6-4-12)15-7-8-16-17-9-14(10-20)19(16)18-15/h3-9,11,20H,10H2,1-2H3. The van der Waals surface area contributed by atoms with Gasteiger partial charge >= 0.3 is 0 Å². The first-order chi connectivity index (χ1) is 9.69. The molecule has 20 heavy (non-hydrogen) atoms. The van der Waals surface area contributed by atoms with E-state index >= 15 is 0 Å². The molecule has 0 saturated heterocycles. The van der Waals surface area contributed by atoms with Crippen LogP contribution in [-0.4, -0.2) is 19.7 Å². The van der Waals surface area contributed by atoms with Crippen molar-refractivity contribution < 1.29 is 5.11 Å². The van der Waals surface area contributed by atoms with Gasteiger partial charge in [-0.1, -0.05) is 38.1 Å². The van der Waals surface area contributed by atoms with E-state index in [9.17, 15) is 5.11 Å². The molecule has 2 aromatic heterocycles. The van der Waals surface area contributed by atoms with Gasteiger partial charge in [0.15, 0.2) is 5.65 Å². The molecule has 0 atom stereocenters. The monoisotopic (exact) mass is 267 g/mol. The van der Waals surface area contributed by atoms with E-state index < -0.39 is 0 Å². The minimum atomic E-state index is -0.0656. The smallest absolute Gasteiger partial charge is 0.153 e. The minimum Gasteiger partial charge on any atom is -0.390 e. The van der Waals surface area contributed by atoms with Gasteiger partial charge in [0.2, 0.25) is 0 Å². The number of benzene rings is 1. The Hall–Kier alpha value is -2.20. The predicted octanol–water partition coefficient (Wildman–Crippen LogP) is 3.01. The zero-order valence-corrected chi connectivity index (χ0v) is 11.6. The number of aliphatic hydroxyl groups excluding tert-OH is 1. The largest absolute Gasteiger partial charge is 0.390 e. The zero-order chi connectivity index (χ0) is 14.1. The lowest BCUT2D eigenvalue weighted by Gasteiger charge is -2.07. The van der Waals surface area contributed by atoms with Crippen molar-refractivity contribution in [2.24, 2.45) is 0 Å². The highest BCUT2D eigenvalue weighted by atomic mass is 16.3. The molecule has 0 saturated carbocycles. The number of nitrogens with zero attached hydrogens (tertiary/aromatic N) is 3. The lowest BCUT2D eigenvalue weighted by molar-refractivity contribution is 0.274. The van der Waals surface area contributed by atoms with Crippen molar-refractivity contribution in [1.82, 2.24) is 14.6 Å². The maximum absolute atomic E-state index is 9.28. The maximum atomic E-state index is 9.28. The van der Waals surface area contributed by atoms with Crippen molar-refractivity contribution >= 4 is 5.65 Å². The van der Waals surface area contributed by atoms with Crippen molar-refractivity contribution in [2.45, 2.75) is 26.4 Å². The van der Waals surface area contributed by atoms with Crippen LogP contribution in [0.5, 0.6) is 0 Å². The van der Waals surface area contributed by atoms with Gasteiger partial charge < -0.3 is 5.11 Å². The fourth-order valence-corrected chi connectivity index (χ4v) is 2.22. The highest BCUT2D eigenvalue weighted by Crippen LogP contribution is 2.21. The topological polar surface area (TPSA) is 50.4 Å². The Balaban J connectivity index is 2.04. The molecule has 1 aromatic carbocycles. The molecule has 0 aliphatic rings. The molecule has 0 spiro atoms. The van der Waals surface area contributed by atoms with Gasteiger partial charge in [-0.2, -0.15) is 5.10 Å². The summed E-state index contributed by atoms with van der Waals surface area (Å²) >= 11 is 0. The maximum Gasteiger partial charge on any atom is 0.153 e. The summed E-state index contributed by atoms with van der Waals surface area (Å²) in [5.74, 6) is 0.522. The van der Waals surface area contributed by atoms with Gasteiger partial charge in [-0.15, -0.1) is 0 Å². The predicted molar refractivity (Wildman–Crippen MR) is 78.4 cm³/mol. The lowest BCUT2D eigenvalue weighted by Crippen LogP contribution is -1.99. The molecule has 1 N–H and O–H groups in total. The summed E-state index contributed by atoms with van der Waals surface area (Å²) in [5.41, 5.74) is 4.69. The van der Waals surface area contributed by atoms with E-state index in [0.717, 1.165) is 16.9 Å². The van der Waals surface area contributed by atoms with E-state index in [-0.39, 0.29) is 6.61 Å². The second kappa shape index (κ2) is 5.06. The van der Waals surface area contributed by atoms with E-state index in [1.54, 1.807) is 10.7 Å². The third-order valence-electron chi connectivity index (χ3n) is 3.47. The van der Waals surface area contributed by atoms with Gasteiger partial charge in [-0.25, -0.2) is 9.50 Å². The van der Waals surface area contributed by atoms with Crippen LogP contribution in [0.15, 0.2) is 42.6 Å². The Morgan fingerprint density at radius 2 is 1.85 bits per heavy atom. The van der Waals surface area contributed by atoms with Crippen molar-refractivity contribution in [1.29, 1.82) is 0 Å².